The Morgan fingerprint density at radius 3 is 2.16 bits per heavy atom. The van der Waals surface area contributed by atoms with E-state index in [-0.39, 0.29) is 12.1 Å². The molecule has 1 nitrogen and oxygen atoms in total. The summed E-state index contributed by atoms with van der Waals surface area (Å²) in [7, 11) is 0. The maximum absolute atomic E-state index is 6.17. The van der Waals surface area contributed by atoms with Gasteiger partial charge in [0.05, 0.1) is 8.67 Å². The van der Waals surface area contributed by atoms with Crippen molar-refractivity contribution >= 4 is 46.1 Å². The first-order valence-electron chi connectivity index (χ1n) is 5.93. The Labute approximate surface area is 132 Å². The van der Waals surface area contributed by atoms with E-state index in [9.17, 15) is 0 Å². The van der Waals surface area contributed by atoms with Crippen LogP contribution < -0.4 is 5.32 Å². The van der Waals surface area contributed by atoms with Crippen LogP contribution in [0.5, 0.6) is 0 Å². The number of thiophene rings is 1. The van der Waals surface area contributed by atoms with Gasteiger partial charge in [-0.1, -0.05) is 46.9 Å². The highest BCUT2D eigenvalue weighted by Gasteiger charge is 2.16. The minimum Gasteiger partial charge on any atom is -0.304 e. The Morgan fingerprint density at radius 1 is 1.00 bits per heavy atom. The molecule has 1 N–H and O–H groups in total. The molecule has 2 aromatic rings. The van der Waals surface area contributed by atoms with Crippen molar-refractivity contribution in [2.24, 2.45) is 0 Å². The lowest BCUT2D eigenvalue weighted by Gasteiger charge is -2.20. The van der Waals surface area contributed by atoms with Crippen molar-refractivity contribution in [3.63, 3.8) is 0 Å². The molecule has 0 saturated carbocycles. The average molecular weight is 335 g/mol. The van der Waals surface area contributed by atoms with E-state index in [1.807, 2.05) is 30.3 Å². The van der Waals surface area contributed by atoms with Crippen molar-refractivity contribution in [1.82, 2.24) is 5.32 Å². The second-order valence-electron chi connectivity index (χ2n) is 4.44. The normalized spacial score (nSPS) is 14.4. The fraction of sp³-hybridized carbons (Fsp3) is 0.286. The Hall–Kier alpha value is -0.250. The summed E-state index contributed by atoms with van der Waals surface area (Å²) >= 11 is 19.4. The van der Waals surface area contributed by atoms with Gasteiger partial charge in [0, 0.05) is 17.1 Å². The summed E-state index contributed by atoms with van der Waals surface area (Å²) < 4.78 is 1.46. The van der Waals surface area contributed by atoms with Crippen LogP contribution in [0.15, 0.2) is 30.3 Å². The fourth-order valence-corrected chi connectivity index (χ4v) is 3.73. The van der Waals surface area contributed by atoms with E-state index in [0.717, 1.165) is 14.9 Å². The quantitative estimate of drug-likeness (QED) is 0.710. The van der Waals surface area contributed by atoms with Crippen LogP contribution >= 0.6 is 46.1 Å². The molecule has 0 radical (unpaired) electrons. The van der Waals surface area contributed by atoms with Crippen LogP contribution in [0.1, 0.15) is 37.1 Å². The minimum atomic E-state index is 0.141. The lowest BCUT2D eigenvalue weighted by Crippen LogP contribution is -2.22. The first kappa shape index (κ1) is 15.1. The van der Waals surface area contributed by atoms with Crippen molar-refractivity contribution in [1.29, 1.82) is 0 Å². The standard InChI is InChI=1S/C14H14Cl3NS/c1-8(10-3-5-11(15)6-4-10)18-9(2)12-7-13(16)19-14(12)17/h3-9,18H,1-2H3. The van der Waals surface area contributed by atoms with Crippen molar-refractivity contribution in [2.75, 3.05) is 0 Å². The minimum absolute atomic E-state index is 0.141. The molecule has 102 valence electrons. The van der Waals surface area contributed by atoms with Gasteiger partial charge in [-0.15, -0.1) is 11.3 Å². The summed E-state index contributed by atoms with van der Waals surface area (Å²) in [6, 6.07) is 10.1. The third kappa shape index (κ3) is 3.87. The third-order valence-corrected chi connectivity index (χ3v) is 4.79. The van der Waals surface area contributed by atoms with Gasteiger partial charge >= 0.3 is 0 Å². The van der Waals surface area contributed by atoms with Gasteiger partial charge in [0.2, 0.25) is 0 Å². The molecule has 0 aliphatic heterocycles. The van der Waals surface area contributed by atoms with Crippen LogP contribution in [0.3, 0.4) is 0 Å². The van der Waals surface area contributed by atoms with Crippen LogP contribution in [-0.4, -0.2) is 0 Å². The summed E-state index contributed by atoms with van der Waals surface area (Å²) in [6.07, 6.45) is 0. The van der Waals surface area contributed by atoms with Gasteiger partial charge in [-0.2, -0.15) is 0 Å². The first-order chi connectivity index (χ1) is 8.97. The molecule has 2 rings (SSSR count). The van der Waals surface area contributed by atoms with Crippen LogP contribution in [0.4, 0.5) is 0 Å². The zero-order valence-corrected chi connectivity index (χ0v) is 13.7. The van der Waals surface area contributed by atoms with Gasteiger partial charge in [0.25, 0.3) is 0 Å². The molecule has 0 aliphatic carbocycles. The molecule has 19 heavy (non-hydrogen) atoms. The molecule has 0 saturated heterocycles. The summed E-state index contributed by atoms with van der Waals surface area (Å²) in [6.45, 7) is 4.19. The van der Waals surface area contributed by atoms with Gasteiger partial charge in [-0.25, -0.2) is 0 Å². The molecule has 2 unspecified atom stereocenters. The highest BCUT2D eigenvalue weighted by molar-refractivity contribution is 7.20. The molecule has 1 aromatic heterocycles. The SMILES string of the molecule is CC(NC(C)c1cc(Cl)sc1Cl)c1ccc(Cl)cc1. The zero-order chi connectivity index (χ0) is 14.0. The van der Waals surface area contributed by atoms with E-state index >= 15 is 0 Å². The van der Waals surface area contributed by atoms with Crippen LogP contribution in [0.2, 0.25) is 13.7 Å². The predicted octanol–water partition coefficient (Wildman–Crippen LogP) is 6.12. The first-order valence-corrected chi connectivity index (χ1v) is 7.88. The van der Waals surface area contributed by atoms with E-state index < -0.39 is 0 Å². The predicted molar refractivity (Wildman–Crippen MR) is 85.8 cm³/mol. The van der Waals surface area contributed by atoms with E-state index in [0.29, 0.717) is 4.34 Å². The summed E-state index contributed by atoms with van der Waals surface area (Å²) in [5.74, 6) is 0. The molecule has 0 aliphatic rings. The van der Waals surface area contributed by atoms with Crippen LogP contribution in [0.25, 0.3) is 0 Å². The fourth-order valence-electron chi connectivity index (χ4n) is 1.96. The molecular weight excluding hydrogens is 321 g/mol. The number of rotatable bonds is 4. The van der Waals surface area contributed by atoms with Crippen molar-refractivity contribution in [3.05, 3.63) is 55.2 Å². The molecule has 0 bridgehead atoms. The van der Waals surface area contributed by atoms with Gasteiger partial charge in [-0.05, 0) is 43.2 Å². The second-order valence-corrected chi connectivity index (χ2v) is 7.16. The number of hydrogen-bond donors (Lipinski definition) is 1. The summed E-state index contributed by atoms with van der Waals surface area (Å²) in [5.41, 5.74) is 2.23. The third-order valence-electron chi connectivity index (χ3n) is 3.02. The highest BCUT2D eigenvalue weighted by atomic mass is 35.5. The monoisotopic (exact) mass is 333 g/mol. The number of nitrogens with one attached hydrogen (secondary N) is 1. The van der Waals surface area contributed by atoms with Gasteiger partial charge in [-0.3, -0.25) is 0 Å². The number of halogens is 3. The molecule has 1 heterocycles. The maximum atomic E-state index is 6.17. The molecule has 1 aromatic carbocycles. The van der Waals surface area contributed by atoms with E-state index in [2.05, 4.69) is 19.2 Å². The van der Waals surface area contributed by atoms with Crippen LogP contribution in [-0.2, 0) is 0 Å². The molecular formula is C14H14Cl3NS. The Bertz CT molecular complexity index is 550. The largest absolute Gasteiger partial charge is 0.304 e. The van der Waals surface area contributed by atoms with Gasteiger partial charge in [0.15, 0.2) is 0 Å². The number of benzene rings is 1. The van der Waals surface area contributed by atoms with Gasteiger partial charge in [0.1, 0.15) is 0 Å². The summed E-state index contributed by atoms with van der Waals surface area (Å²) in [5, 5.41) is 4.25. The highest BCUT2D eigenvalue weighted by Crippen LogP contribution is 2.35. The smallest absolute Gasteiger partial charge is 0.0991 e. The molecule has 0 fully saturated rings. The topological polar surface area (TPSA) is 12.0 Å². The Balaban J connectivity index is 2.08. The van der Waals surface area contributed by atoms with Gasteiger partial charge < -0.3 is 5.32 Å². The zero-order valence-electron chi connectivity index (χ0n) is 10.6. The Morgan fingerprint density at radius 2 is 1.63 bits per heavy atom. The van der Waals surface area contributed by atoms with Crippen molar-refractivity contribution < 1.29 is 0 Å². The van der Waals surface area contributed by atoms with E-state index in [1.165, 1.54) is 16.9 Å². The Kier molecular flexibility index (Phi) is 5.15. The lowest BCUT2D eigenvalue weighted by molar-refractivity contribution is 0.496. The molecule has 0 amide bonds. The molecule has 2 atom stereocenters. The molecule has 5 heteroatoms. The van der Waals surface area contributed by atoms with E-state index in [1.54, 1.807) is 0 Å². The molecule has 0 spiro atoms. The van der Waals surface area contributed by atoms with Crippen LogP contribution in [0, 0.1) is 0 Å². The maximum Gasteiger partial charge on any atom is 0.0991 e. The second kappa shape index (κ2) is 6.47. The van der Waals surface area contributed by atoms with Crippen molar-refractivity contribution in [3.8, 4) is 0 Å². The average Bonchev–Trinajstić information content (AvgIpc) is 2.69. The number of hydrogen-bond acceptors (Lipinski definition) is 2. The van der Waals surface area contributed by atoms with Crippen molar-refractivity contribution in [2.45, 2.75) is 25.9 Å². The van der Waals surface area contributed by atoms with E-state index in [4.69, 9.17) is 34.8 Å². The lowest BCUT2D eigenvalue weighted by atomic mass is 10.1. The summed E-state index contributed by atoms with van der Waals surface area (Å²) in [4.78, 5) is 0.